The Bertz CT molecular complexity index is 403. The lowest BCUT2D eigenvalue weighted by Gasteiger charge is -2.35. The van der Waals surface area contributed by atoms with E-state index in [4.69, 9.17) is 11.6 Å². The van der Waals surface area contributed by atoms with Crippen molar-refractivity contribution in [3.05, 3.63) is 22.3 Å². The maximum absolute atomic E-state index is 6.19. The van der Waals surface area contributed by atoms with Gasteiger partial charge in [0.25, 0.3) is 0 Å². The highest BCUT2D eigenvalue weighted by Gasteiger charge is 2.30. The summed E-state index contributed by atoms with van der Waals surface area (Å²) in [5.41, 5.74) is 1.28. The fourth-order valence-electron chi connectivity index (χ4n) is 2.58. The number of rotatable bonds is 4. The van der Waals surface area contributed by atoms with Gasteiger partial charge in [-0.1, -0.05) is 19.3 Å². The van der Waals surface area contributed by atoms with Gasteiger partial charge in [-0.05, 0) is 47.8 Å². The van der Waals surface area contributed by atoms with Crippen LogP contribution < -0.4 is 5.32 Å². The summed E-state index contributed by atoms with van der Waals surface area (Å²) in [6.45, 7) is 2.94. The van der Waals surface area contributed by atoms with Gasteiger partial charge in [0.1, 0.15) is 5.82 Å². The van der Waals surface area contributed by atoms with Crippen LogP contribution in [-0.2, 0) is 0 Å². The Morgan fingerprint density at radius 2 is 2.06 bits per heavy atom. The topological polar surface area (TPSA) is 24.9 Å². The molecule has 1 heterocycles. The van der Waals surface area contributed by atoms with E-state index in [9.17, 15) is 0 Å². The molecule has 0 spiro atoms. The molecule has 4 heteroatoms. The molecule has 0 aromatic carbocycles. The molecule has 1 saturated carbocycles. The van der Waals surface area contributed by atoms with Crippen LogP contribution in [0.1, 0.15) is 37.8 Å². The molecule has 18 heavy (non-hydrogen) atoms. The number of anilines is 1. The van der Waals surface area contributed by atoms with Gasteiger partial charge in [0.2, 0.25) is 0 Å². The van der Waals surface area contributed by atoms with E-state index in [0.29, 0.717) is 0 Å². The second kappa shape index (κ2) is 6.25. The maximum Gasteiger partial charge on any atom is 0.126 e. The van der Waals surface area contributed by atoms with E-state index in [2.05, 4.69) is 26.2 Å². The zero-order chi connectivity index (χ0) is 13.0. The Morgan fingerprint density at radius 1 is 1.33 bits per heavy atom. The van der Waals surface area contributed by atoms with Gasteiger partial charge in [0, 0.05) is 22.3 Å². The highest BCUT2D eigenvalue weighted by atomic mass is 79.9. The SMILES string of the molecule is Cc1nc(NCC2(CCl)CCCCC2)ccc1Br. The van der Waals surface area contributed by atoms with Crippen LogP contribution in [0.15, 0.2) is 16.6 Å². The van der Waals surface area contributed by atoms with Crippen molar-refractivity contribution in [3.8, 4) is 0 Å². The Hall–Kier alpha value is -0.280. The van der Waals surface area contributed by atoms with Crippen LogP contribution in [0, 0.1) is 12.3 Å². The lowest BCUT2D eigenvalue weighted by molar-refractivity contribution is 0.238. The van der Waals surface area contributed by atoms with E-state index in [-0.39, 0.29) is 5.41 Å². The van der Waals surface area contributed by atoms with E-state index in [0.717, 1.165) is 28.4 Å². The number of aryl methyl sites for hydroxylation is 1. The largest absolute Gasteiger partial charge is 0.369 e. The molecule has 1 aromatic rings. The fourth-order valence-corrected chi connectivity index (χ4v) is 3.16. The third-order valence-corrected chi connectivity index (χ3v) is 5.27. The van der Waals surface area contributed by atoms with Gasteiger partial charge >= 0.3 is 0 Å². The Balaban J connectivity index is 1.98. The van der Waals surface area contributed by atoms with Crippen LogP contribution in [-0.4, -0.2) is 17.4 Å². The summed E-state index contributed by atoms with van der Waals surface area (Å²) in [7, 11) is 0. The molecular weight excluding hydrogens is 312 g/mol. The van der Waals surface area contributed by atoms with Crippen molar-refractivity contribution >= 4 is 33.3 Å². The van der Waals surface area contributed by atoms with Crippen LogP contribution in [0.5, 0.6) is 0 Å². The van der Waals surface area contributed by atoms with Gasteiger partial charge in [-0.2, -0.15) is 0 Å². The minimum Gasteiger partial charge on any atom is -0.369 e. The number of hydrogen-bond acceptors (Lipinski definition) is 2. The van der Waals surface area contributed by atoms with Crippen LogP contribution in [0.2, 0.25) is 0 Å². The summed E-state index contributed by atoms with van der Waals surface area (Å²) < 4.78 is 1.05. The average Bonchev–Trinajstić information content (AvgIpc) is 2.41. The van der Waals surface area contributed by atoms with E-state index < -0.39 is 0 Å². The van der Waals surface area contributed by atoms with E-state index in [1.165, 1.54) is 32.1 Å². The number of hydrogen-bond donors (Lipinski definition) is 1. The zero-order valence-electron chi connectivity index (χ0n) is 10.8. The van der Waals surface area contributed by atoms with Gasteiger partial charge < -0.3 is 5.32 Å². The summed E-state index contributed by atoms with van der Waals surface area (Å²) in [6, 6.07) is 4.06. The van der Waals surface area contributed by atoms with Crippen molar-refractivity contribution in [1.82, 2.24) is 4.98 Å². The highest BCUT2D eigenvalue weighted by Crippen LogP contribution is 2.37. The highest BCUT2D eigenvalue weighted by molar-refractivity contribution is 9.10. The third-order valence-electron chi connectivity index (χ3n) is 3.86. The minimum atomic E-state index is 0.266. The molecule has 1 aliphatic rings. The molecule has 0 aliphatic heterocycles. The predicted molar refractivity (Wildman–Crippen MR) is 81.4 cm³/mol. The molecule has 0 radical (unpaired) electrons. The predicted octanol–water partition coefficient (Wildman–Crippen LogP) is 4.75. The molecule has 0 saturated heterocycles. The van der Waals surface area contributed by atoms with E-state index in [1.54, 1.807) is 0 Å². The van der Waals surface area contributed by atoms with Crippen molar-refractivity contribution in [2.45, 2.75) is 39.0 Å². The molecular formula is C14H20BrClN2. The molecule has 0 amide bonds. The first-order chi connectivity index (χ1) is 8.65. The lowest BCUT2D eigenvalue weighted by atomic mass is 9.75. The first kappa shape index (κ1) is 14.1. The van der Waals surface area contributed by atoms with Crippen LogP contribution in [0.3, 0.4) is 0 Å². The molecule has 0 atom stereocenters. The van der Waals surface area contributed by atoms with Crippen molar-refractivity contribution in [2.75, 3.05) is 17.7 Å². The molecule has 1 aromatic heterocycles. The molecule has 2 nitrogen and oxygen atoms in total. The van der Waals surface area contributed by atoms with Crippen LogP contribution in [0.4, 0.5) is 5.82 Å². The number of alkyl halides is 1. The Labute approximate surface area is 123 Å². The molecule has 1 fully saturated rings. The quantitative estimate of drug-likeness (QED) is 0.805. The van der Waals surface area contributed by atoms with Crippen molar-refractivity contribution in [1.29, 1.82) is 0 Å². The van der Waals surface area contributed by atoms with Gasteiger partial charge in [0.05, 0.1) is 5.69 Å². The summed E-state index contributed by atoms with van der Waals surface area (Å²) in [5.74, 6) is 1.70. The van der Waals surface area contributed by atoms with Crippen molar-refractivity contribution < 1.29 is 0 Å². The third kappa shape index (κ3) is 3.39. The monoisotopic (exact) mass is 330 g/mol. The average molecular weight is 332 g/mol. The van der Waals surface area contributed by atoms with Gasteiger partial charge in [-0.3, -0.25) is 0 Å². The summed E-state index contributed by atoms with van der Waals surface area (Å²) >= 11 is 9.66. The summed E-state index contributed by atoms with van der Waals surface area (Å²) in [5, 5.41) is 3.46. The second-order valence-corrected chi connectivity index (χ2v) is 6.43. The first-order valence-electron chi connectivity index (χ1n) is 6.58. The number of halogens is 2. The van der Waals surface area contributed by atoms with E-state index in [1.807, 2.05) is 19.1 Å². The summed E-state index contributed by atoms with van der Waals surface area (Å²) in [6.07, 6.45) is 6.44. The first-order valence-corrected chi connectivity index (χ1v) is 7.91. The molecule has 100 valence electrons. The van der Waals surface area contributed by atoms with Crippen molar-refractivity contribution in [3.63, 3.8) is 0 Å². The summed E-state index contributed by atoms with van der Waals surface area (Å²) in [4.78, 5) is 4.52. The van der Waals surface area contributed by atoms with E-state index >= 15 is 0 Å². The molecule has 2 rings (SSSR count). The van der Waals surface area contributed by atoms with Crippen LogP contribution >= 0.6 is 27.5 Å². The molecule has 0 unspecified atom stereocenters. The number of aromatic nitrogens is 1. The smallest absolute Gasteiger partial charge is 0.126 e. The lowest BCUT2D eigenvalue weighted by Crippen LogP contribution is -2.34. The minimum absolute atomic E-state index is 0.266. The van der Waals surface area contributed by atoms with Gasteiger partial charge in [-0.25, -0.2) is 4.98 Å². The second-order valence-electron chi connectivity index (χ2n) is 5.31. The standard InChI is InChI=1S/C14H20BrClN2/c1-11-12(15)5-6-13(18-11)17-10-14(9-16)7-3-2-4-8-14/h5-6H,2-4,7-10H2,1H3,(H,17,18). The maximum atomic E-state index is 6.19. The molecule has 1 aliphatic carbocycles. The normalized spacial score (nSPS) is 18.6. The Morgan fingerprint density at radius 3 is 2.67 bits per heavy atom. The fraction of sp³-hybridized carbons (Fsp3) is 0.643. The molecule has 0 bridgehead atoms. The van der Waals surface area contributed by atoms with Gasteiger partial charge in [-0.15, -0.1) is 11.6 Å². The Kier molecular flexibility index (Phi) is 4.91. The van der Waals surface area contributed by atoms with Gasteiger partial charge in [0.15, 0.2) is 0 Å². The number of pyridine rings is 1. The number of nitrogens with one attached hydrogen (secondary N) is 1. The van der Waals surface area contributed by atoms with Crippen LogP contribution in [0.25, 0.3) is 0 Å². The molecule has 1 N–H and O–H groups in total. The zero-order valence-corrected chi connectivity index (χ0v) is 13.1. The van der Waals surface area contributed by atoms with Crippen molar-refractivity contribution in [2.24, 2.45) is 5.41 Å². The number of nitrogens with zero attached hydrogens (tertiary/aromatic N) is 1.